The van der Waals surface area contributed by atoms with Gasteiger partial charge < -0.3 is 5.73 Å². The maximum Gasteiger partial charge on any atom is 0.0376 e. The van der Waals surface area contributed by atoms with Gasteiger partial charge in [-0.2, -0.15) is 0 Å². The highest BCUT2D eigenvalue weighted by Gasteiger charge is 2.01. The average Bonchev–Trinajstić information content (AvgIpc) is 2.50. The summed E-state index contributed by atoms with van der Waals surface area (Å²) in [7, 11) is 0. The van der Waals surface area contributed by atoms with E-state index >= 15 is 0 Å². The first-order valence-electron chi connectivity index (χ1n) is 3.92. The van der Waals surface area contributed by atoms with Crippen LogP contribution in [0.15, 0.2) is 23.8 Å². The van der Waals surface area contributed by atoms with Gasteiger partial charge >= 0.3 is 0 Å². The van der Waals surface area contributed by atoms with Crippen molar-refractivity contribution in [2.75, 3.05) is 6.54 Å². The van der Waals surface area contributed by atoms with E-state index in [2.05, 4.69) is 10.4 Å². The summed E-state index contributed by atoms with van der Waals surface area (Å²) < 4.78 is 1.30. The first-order chi connectivity index (χ1) is 5.92. The molecule has 0 amide bonds. The summed E-state index contributed by atoms with van der Waals surface area (Å²) in [5, 5.41) is 3.42. The Morgan fingerprint density at radius 2 is 2.42 bits per heavy atom. The molecule has 2 aromatic rings. The molecular weight excluding hydrogens is 168 g/mol. The minimum atomic E-state index is 0.709. The molecule has 0 radical (unpaired) electrons. The number of rotatable bonds is 2. The van der Waals surface area contributed by atoms with E-state index in [1.165, 1.54) is 15.6 Å². The van der Waals surface area contributed by atoms with Crippen LogP contribution in [0.3, 0.4) is 0 Å². The van der Waals surface area contributed by atoms with Gasteiger partial charge in [0.05, 0.1) is 0 Å². The number of hydrogen-bond acceptors (Lipinski definition) is 3. The lowest BCUT2D eigenvalue weighted by Gasteiger charge is -1.93. The minimum absolute atomic E-state index is 0.709. The highest BCUT2D eigenvalue weighted by atomic mass is 32.1. The van der Waals surface area contributed by atoms with Gasteiger partial charge in [-0.05, 0) is 30.0 Å². The van der Waals surface area contributed by atoms with Crippen molar-refractivity contribution >= 4 is 21.4 Å². The van der Waals surface area contributed by atoms with Crippen molar-refractivity contribution < 1.29 is 0 Å². The fraction of sp³-hybridized carbons (Fsp3) is 0.222. The lowest BCUT2D eigenvalue weighted by atomic mass is 10.2. The van der Waals surface area contributed by atoms with Crippen LogP contribution >= 0.6 is 11.3 Å². The second-order valence-corrected chi connectivity index (χ2v) is 3.58. The van der Waals surface area contributed by atoms with Crippen molar-refractivity contribution in [1.82, 2.24) is 4.98 Å². The molecule has 0 saturated carbocycles. The summed E-state index contributed by atoms with van der Waals surface area (Å²) in [6.07, 6.45) is 4.69. The number of nitrogens with two attached hydrogens (primary N) is 1. The van der Waals surface area contributed by atoms with Gasteiger partial charge in [-0.25, -0.2) is 0 Å². The van der Waals surface area contributed by atoms with Crippen LogP contribution in [-0.4, -0.2) is 11.5 Å². The summed E-state index contributed by atoms with van der Waals surface area (Å²) in [6, 6.07) is 2.04. The third-order valence-electron chi connectivity index (χ3n) is 1.87. The number of nitrogens with zero attached hydrogens (tertiary/aromatic N) is 1. The van der Waals surface area contributed by atoms with Gasteiger partial charge in [0.1, 0.15) is 0 Å². The Bertz CT molecular complexity index is 381. The van der Waals surface area contributed by atoms with Crippen molar-refractivity contribution in [1.29, 1.82) is 0 Å². The van der Waals surface area contributed by atoms with Gasteiger partial charge in [0.2, 0.25) is 0 Å². The minimum Gasteiger partial charge on any atom is -0.330 e. The molecule has 2 N–H and O–H groups in total. The van der Waals surface area contributed by atoms with Gasteiger partial charge in [0.15, 0.2) is 0 Å². The maximum absolute atomic E-state index is 5.49. The summed E-state index contributed by atoms with van der Waals surface area (Å²) in [6.45, 7) is 0.709. The second-order valence-electron chi connectivity index (χ2n) is 2.67. The molecule has 2 nitrogen and oxygen atoms in total. The lowest BCUT2D eigenvalue weighted by molar-refractivity contribution is 0.981. The van der Waals surface area contributed by atoms with Crippen molar-refractivity contribution in [3.8, 4) is 0 Å². The van der Waals surface area contributed by atoms with E-state index < -0.39 is 0 Å². The molecule has 2 rings (SSSR count). The zero-order valence-corrected chi connectivity index (χ0v) is 7.47. The Balaban J connectivity index is 2.55. The highest BCUT2D eigenvalue weighted by Crippen LogP contribution is 2.24. The zero-order valence-electron chi connectivity index (χ0n) is 6.66. The summed E-state index contributed by atoms with van der Waals surface area (Å²) in [4.78, 5) is 4.09. The molecule has 0 spiro atoms. The Hall–Kier alpha value is -0.930. The van der Waals surface area contributed by atoms with Crippen LogP contribution in [0, 0.1) is 0 Å². The summed E-state index contributed by atoms with van der Waals surface area (Å²) in [5.41, 5.74) is 6.82. The summed E-state index contributed by atoms with van der Waals surface area (Å²) >= 11 is 1.76. The fourth-order valence-electron chi connectivity index (χ4n) is 1.27. The molecule has 0 aliphatic carbocycles. The van der Waals surface area contributed by atoms with Crippen LogP contribution in [0.25, 0.3) is 10.1 Å². The smallest absolute Gasteiger partial charge is 0.0376 e. The first-order valence-corrected chi connectivity index (χ1v) is 4.80. The summed E-state index contributed by atoms with van der Waals surface area (Å²) in [5.74, 6) is 0. The third kappa shape index (κ3) is 1.21. The lowest BCUT2D eigenvalue weighted by Crippen LogP contribution is -2.01. The Labute approximate surface area is 75.0 Å². The third-order valence-corrected chi connectivity index (χ3v) is 2.88. The number of thiophene rings is 1. The van der Waals surface area contributed by atoms with E-state index in [1.807, 2.05) is 18.5 Å². The van der Waals surface area contributed by atoms with E-state index in [4.69, 9.17) is 5.73 Å². The second kappa shape index (κ2) is 3.21. The quantitative estimate of drug-likeness (QED) is 0.761. The van der Waals surface area contributed by atoms with E-state index in [-0.39, 0.29) is 0 Å². The van der Waals surface area contributed by atoms with Crippen molar-refractivity contribution in [3.05, 3.63) is 29.4 Å². The topological polar surface area (TPSA) is 38.9 Å². The maximum atomic E-state index is 5.49. The van der Waals surface area contributed by atoms with Crippen LogP contribution in [0.5, 0.6) is 0 Å². The standard InChI is InChI=1S/C9H10N2S/c10-3-1-7-6-12-9-2-4-11-5-8(7)9/h2,4-6H,1,3,10H2. The predicted molar refractivity (Wildman–Crippen MR) is 52.4 cm³/mol. The Morgan fingerprint density at radius 1 is 1.50 bits per heavy atom. The number of hydrogen-bond donors (Lipinski definition) is 1. The van der Waals surface area contributed by atoms with Gasteiger partial charge in [-0.3, -0.25) is 4.98 Å². The Morgan fingerprint density at radius 3 is 3.25 bits per heavy atom. The molecule has 2 heterocycles. The number of aromatic nitrogens is 1. The van der Waals surface area contributed by atoms with Gasteiger partial charge in [-0.15, -0.1) is 11.3 Å². The molecule has 0 saturated heterocycles. The normalized spacial score (nSPS) is 10.8. The van der Waals surface area contributed by atoms with Crippen LogP contribution in [0.1, 0.15) is 5.56 Å². The van der Waals surface area contributed by atoms with Crippen molar-refractivity contribution in [3.63, 3.8) is 0 Å². The number of fused-ring (bicyclic) bond motifs is 1. The van der Waals surface area contributed by atoms with Gasteiger partial charge in [-0.1, -0.05) is 0 Å². The van der Waals surface area contributed by atoms with E-state index in [1.54, 1.807) is 11.3 Å². The average molecular weight is 178 g/mol. The largest absolute Gasteiger partial charge is 0.330 e. The Kier molecular flexibility index (Phi) is 2.06. The molecule has 0 aromatic carbocycles. The predicted octanol–water partition coefficient (Wildman–Crippen LogP) is 1.80. The van der Waals surface area contributed by atoms with Crippen LogP contribution in [0.2, 0.25) is 0 Å². The molecule has 0 fully saturated rings. The first kappa shape index (κ1) is 7.71. The monoisotopic (exact) mass is 178 g/mol. The molecule has 0 bridgehead atoms. The molecule has 2 aromatic heterocycles. The molecule has 12 heavy (non-hydrogen) atoms. The van der Waals surface area contributed by atoms with Crippen molar-refractivity contribution in [2.24, 2.45) is 5.73 Å². The molecule has 0 aliphatic heterocycles. The van der Waals surface area contributed by atoms with Crippen LogP contribution in [0.4, 0.5) is 0 Å². The van der Waals surface area contributed by atoms with E-state index in [0.717, 1.165) is 6.42 Å². The SMILES string of the molecule is NCCc1csc2ccncc12. The molecule has 3 heteroatoms. The molecule has 0 atom stereocenters. The molecule has 62 valence electrons. The van der Waals surface area contributed by atoms with E-state index in [0.29, 0.717) is 6.54 Å². The van der Waals surface area contributed by atoms with Gasteiger partial charge in [0.25, 0.3) is 0 Å². The molecule has 0 aliphatic rings. The zero-order chi connectivity index (χ0) is 8.39. The van der Waals surface area contributed by atoms with E-state index in [9.17, 15) is 0 Å². The number of pyridine rings is 1. The van der Waals surface area contributed by atoms with Crippen LogP contribution < -0.4 is 5.73 Å². The fourth-order valence-corrected chi connectivity index (χ4v) is 2.24. The van der Waals surface area contributed by atoms with Gasteiger partial charge in [0, 0.05) is 22.5 Å². The highest BCUT2D eigenvalue weighted by molar-refractivity contribution is 7.17. The molecule has 0 unspecified atom stereocenters. The molecular formula is C9H10N2S. The van der Waals surface area contributed by atoms with Crippen LogP contribution in [-0.2, 0) is 6.42 Å². The van der Waals surface area contributed by atoms with Crippen molar-refractivity contribution in [2.45, 2.75) is 6.42 Å².